The highest BCUT2D eigenvalue weighted by molar-refractivity contribution is 5.58. The molecule has 33 heavy (non-hydrogen) atoms. The molecule has 2 fully saturated rings. The Bertz CT molecular complexity index is 979. The molecule has 2 aromatic carbocycles. The van der Waals surface area contributed by atoms with Crippen LogP contribution in [0.3, 0.4) is 0 Å². The lowest BCUT2D eigenvalue weighted by Crippen LogP contribution is -2.79. The summed E-state index contributed by atoms with van der Waals surface area (Å²) in [5.74, 6) is 2.23. The molecular weight excluding hydrogens is 416 g/mol. The number of aliphatic hydroxyl groups is 1. The van der Waals surface area contributed by atoms with Crippen LogP contribution < -0.4 is 19.1 Å². The maximum Gasteiger partial charge on any atom is 0.161 e. The first-order valence-corrected chi connectivity index (χ1v) is 11.7. The van der Waals surface area contributed by atoms with Crippen molar-refractivity contribution < 1.29 is 19.3 Å². The lowest BCUT2D eigenvalue weighted by molar-refractivity contribution is -0.308. The van der Waals surface area contributed by atoms with E-state index in [1.54, 1.807) is 21.3 Å². The van der Waals surface area contributed by atoms with Gasteiger partial charge in [0.2, 0.25) is 0 Å². The number of nitrogens with zero attached hydrogens (tertiary/aromatic N) is 2. The van der Waals surface area contributed by atoms with Crippen LogP contribution in [0, 0.1) is 10.8 Å². The van der Waals surface area contributed by atoms with Gasteiger partial charge in [0.25, 0.3) is 0 Å². The number of benzene rings is 2. The maximum absolute atomic E-state index is 12.2. The third kappa shape index (κ3) is 3.38. The summed E-state index contributed by atoms with van der Waals surface area (Å²) in [6.45, 7) is 12.5. The van der Waals surface area contributed by atoms with Gasteiger partial charge in [-0.25, -0.2) is 0 Å². The Hall–Kier alpha value is -2.44. The van der Waals surface area contributed by atoms with Crippen LogP contribution in [0.2, 0.25) is 0 Å². The molecule has 6 nitrogen and oxygen atoms in total. The summed E-state index contributed by atoms with van der Waals surface area (Å²) in [5, 5.41) is 12.2. The van der Waals surface area contributed by atoms with Gasteiger partial charge in [0.15, 0.2) is 11.5 Å². The minimum Gasteiger partial charge on any atom is -0.495 e. The van der Waals surface area contributed by atoms with Crippen LogP contribution in [0.25, 0.3) is 0 Å². The zero-order valence-corrected chi connectivity index (χ0v) is 21.0. The van der Waals surface area contributed by atoms with Crippen molar-refractivity contribution in [1.29, 1.82) is 0 Å². The summed E-state index contributed by atoms with van der Waals surface area (Å²) < 4.78 is 16.5. The van der Waals surface area contributed by atoms with Gasteiger partial charge in [0.05, 0.1) is 27.0 Å². The van der Waals surface area contributed by atoms with Gasteiger partial charge < -0.3 is 24.2 Å². The van der Waals surface area contributed by atoms with Crippen LogP contribution in [0.1, 0.15) is 33.3 Å². The number of ether oxygens (including phenoxy) is 3. The molecule has 0 aromatic heterocycles. The average Bonchev–Trinajstić information content (AvgIpc) is 2.82. The van der Waals surface area contributed by atoms with Gasteiger partial charge in [0.1, 0.15) is 11.4 Å². The third-order valence-electron chi connectivity index (χ3n) is 8.14. The van der Waals surface area contributed by atoms with Gasteiger partial charge in [-0.1, -0.05) is 45.9 Å². The standard InChI is InChI=1S/C27H38N2O4/c1-25(2)24(29-16-14-28(15-17-29)20-10-8-9-11-21(20)31-5)26(3,4)27(25,30)19-12-13-22(32-6)23(18-19)33-7/h8-13,18,24,30H,14-17H2,1-7H3. The van der Waals surface area contributed by atoms with Crippen molar-refractivity contribution in [2.24, 2.45) is 10.8 Å². The molecule has 180 valence electrons. The highest BCUT2D eigenvalue weighted by Crippen LogP contribution is 2.68. The van der Waals surface area contributed by atoms with Gasteiger partial charge in [-0.3, -0.25) is 4.90 Å². The SMILES string of the molecule is COc1ccc(C2(O)C(C)(C)C(N3CCN(c4ccccc4OC)CC3)C2(C)C)cc1OC. The summed E-state index contributed by atoms with van der Waals surface area (Å²) >= 11 is 0. The Morgan fingerprint density at radius 1 is 0.758 bits per heavy atom. The first-order chi connectivity index (χ1) is 15.6. The van der Waals surface area contributed by atoms with E-state index >= 15 is 0 Å². The van der Waals surface area contributed by atoms with E-state index in [2.05, 4.69) is 49.6 Å². The van der Waals surface area contributed by atoms with E-state index in [1.807, 2.05) is 30.3 Å². The van der Waals surface area contributed by atoms with Gasteiger partial charge in [-0.05, 0) is 29.8 Å². The highest BCUT2D eigenvalue weighted by Gasteiger charge is 2.73. The number of methoxy groups -OCH3 is 3. The molecule has 0 radical (unpaired) electrons. The topological polar surface area (TPSA) is 54.4 Å². The maximum atomic E-state index is 12.2. The number of hydrogen-bond acceptors (Lipinski definition) is 6. The van der Waals surface area contributed by atoms with Crippen molar-refractivity contribution in [2.45, 2.75) is 39.3 Å². The second-order valence-corrected chi connectivity index (χ2v) is 10.3. The summed E-state index contributed by atoms with van der Waals surface area (Å²) in [4.78, 5) is 4.95. The summed E-state index contributed by atoms with van der Waals surface area (Å²) in [7, 11) is 4.99. The van der Waals surface area contributed by atoms with Crippen molar-refractivity contribution in [3.05, 3.63) is 48.0 Å². The van der Waals surface area contributed by atoms with Crippen LogP contribution in [0.15, 0.2) is 42.5 Å². The number of hydrogen-bond donors (Lipinski definition) is 1. The summed E-state index contributed by atoms with van der Waals surface area (Å²) in [6, 6.07) is 14.2. The molecule has 1 saturated heterocycles. The average molecular weight is 455 g/mol. The fourth-order valence-corrected chi connectivity index (χ4v) is 6.88. The van der Waals surface area contributed by atoms with E-state index in [0.29, 0.717) is 11.5 Å². The lowest BCUT2D eigenvalue weighted by atomic mass is 9.39. The molecule has 1 aliphatic carbocycles. The Morgan fingerprint density at radius 2 is 1.33 bits per heavy atom. The molecule has 2 aromatic rings. The molecule has 1 N–H and O–H groups in total. The normalized spacial score (nSPS) is 26.4. The molecule has 1 aliphatic heterocycles. The van der Waals surface area contributed by atoms with E-state index in [4.69, 9.17) is 14.2 Å². The van der Waals surface area contributed by atoms with E-state index < -0.39 is 5.60 Å². The predicted molar refractivity (Wildman–Crippen MR) is 132 cm³/mol. The molecule has 1 heterocycles. The van der Waals surface area contributed by atoms with Crippen molar-refractivity contribution in [2.75, 3.05) is 52.4 Å². The second-order valence-electron chi connectivity index (χ2n) is 10.3. The van der Waals surface area contributed by atoms with E-state index in [0.717, 1.165) is 43.2 Å². The fourth-order valence-electron chi connectivity index (χ4n) is 6.88. The molecule has 2 aliphatic rings. The first kappa shape index (κ1) is 23.7. The zero-order valence-electron chi connectivity index (χ0n) is 21.0. The number of piperazine rings is 1. The molecule has 0 unspecified atom stereocenters. The van der Waals surface area contributed by atoms with E-state index in [1.165, 1.54) is 0 Å². The van der Waals surface area contributed by atoms with Crippen molar-refractivity contribution in [1.82, 2.24) is 4.90 Å². The Morgan fingerprint density at radius 3 is 1.91 bits per heavy atom. The monoisotopic (exact) mass is 454 g/mol. The largest absolute Gasteiger partial charge is 0.495 e. The molecule has 1 saturated carbocycles. The molecular formula is C27H38N2O4. The molecule has 0 atom stereocenters. The van der Waals surface area contributed by atoms with Crippen molar-refractivity contribution >= 4 is 5.69 Å². The van der Waals surface area contributed by atoms with Crippen LogP contribution in [-0.4, -0.2) is 63.6 Å². The molecule has 0 spiro atoms. The van der Waals surface area contributed by atoms with E-state index in [9.17, 15) is 5.11 Å². The number of rotatable bonds is 6. The minimum absolute atomic E-state index is 0.239. The Balaban J connectivity index is 1.56. The zero-order chi connectivity index (χ0) is 24.0. The number of para-hydroxylation sites is 2. The smallest absolute Gasteiger partial charge is 0.161 e. The Kier molecular flexibility index (Phi) is 6.04. The predicted octanol–water partition coefficient (Wildman–Crippen LogP) is 4.16. The molecule has 4 rings (SSSR count). The van der Waals surface area contributed by atoms with Gasteiger partial charge in [-0.15, -0.1) is 0 Å². The molecule has 0 bridgehead atoms. The summed E-state index contributed by atoms with van der Waals surface area (Å²) in [6.07, 6.45) is 0. The van der Waals surface area contributed by atoms with Crippen LogP contribution in [0.4, 0.5) is 5.69 Å². The summed E-state index contributed by atoms with van der Waals surface area (Å²) in [5.41, 5.74) is 0.336. The van der Waals surface area contributed by atoms with Crippen LogP contribution in [-0.2, 0) is 5.60 Å². The van der Waals surface area contributed by atoms with Crippen molar-refractivity contribution in [3.63, 3.8) is 0 Å². The second kappa shape index (κ2) is 8.41. The minimum atomic E-state index is -0.996. The van der Waals surface area contributed by atoms with Crippen LogP contribution in [0.5, 0.6) is 17.2 Å². The first-order valence-electron chi connectivity index (χ1n) is 11.7. The quantitative estimate of drug-likeness (QED) is 0.708. The van der Waals surface area contributed by atoms with Gasteiger partial charge in [-0.2, -0.15) is 0 Å². The van der Waals surface area contributed by atoms with Gasteiger partial charge in [0, 0.05) is 43.1 Å². The Labute approximate surface area is 198 Å². The highest BCUT2D eigenvalue weighted by atomic mass is 16.5. The number of anilines is 1. The van der Waals surface area contributed by atoms with Crippen molar-refractivity contribution in [3.8, 4) is 17.2 Å². The van der Waals surface area contributed by atoms with Crippen LogP contribution >= 0.6 is 0 Å². The van der Waals surface area contributed by atoms with E-state index in [-0.39, 0.29) is 16.9 Å². The lowest BCUT2D eigenvalue weighted by Gasteiger charge is -2.72. The fraction of sp³-hybridized carbons (Fsp3) is 0.556. The molecule has 6 heteroatoms. The third-order valence-corrected chi connectivity index (χ3v) is 8.14. The molecule has 0 amide bonds. The van der Waals surface area contributed by atoms with Gasteiger partial charge >= 0.3 is 0 Å².